The molecule has 0 saturated heterocycles. The van der Waals surface area contributed by atoms with Crippen molar-refractivity contribution in [2.75, 3.05) is 0 Å². The van der Waals surface area contributed by atoms with Crippen LogP contribution in [0.1, 0.15) is 79.7 Å². The molecule has 0 saturated carbocycles. The lowest BCUT2D eigenvalue weighted by Crippen LogP contribution is -2.35. The van der Waals surface area contributed by atoms with Crippen molar-refractivity contribution in [3.8, 4) is 22.6 Å². The van der Waals surface area contributed by atoms with Gasteiger partial charge >= 0.3 is 5.97 Å². The van der Waals surface area contributed by atoms with Gasteiger partial charge in [-0.1, -0.05) is 100 Å². The lowest BCUT2D eigenvalue weighted by molar-refractivity contribution is 0.0697. The van der Waals surface area contributed by atoms with Gasteiger partial charge in [0.1, 0.15) is 5.82 Å². The van der Waals surface area contributed by atoms with Crippen LogP contribution in [0.4, 0.5) is 0 Å². The first-order valence-electron chi connectivity index (χ1n) is 14.8. The molecule has 0 aliphatic rings. The summed E-state index contributed by atoms with van der Waals surface area (Å²) in [6.07, 6.45) is 4.03. The van der Waals surface area contributed by atoms with Gasteiger partial charge in [0, 0.05) is 42.4 Å². The number of unbranched alkanes of at least 4 members (excludes halogenated alkanes) is 1. The van der Waals surface area contributed by atoms with Crippen molar-refractivity contribution in [1.82, 2.24) is 14.9 Å². The van der Waals surface area contributed by atoms with Gasteiger partial charge in [-0.15, -0.1) is 0 Å². The van der Waals surface area contributed by atoms with E-state index in [1.54, 1.807) is 12.1 Å². The Morgan fingerprint density at radius 2 is 1.66 bits per heavy atom. The van der Waals surface area contributed by atoms with E-state index in [0.29, 0.717) is 12.1 Å². The Morgan fingerprint density at radius 1 is 0.976 bits per heavy atom. The van der Waals surface area contributed by atoms with E-state index in [0.717, 1.165) is 54.9 Å². The summed E-state index contributed by atoms with van der Waals surface area (Å²) >= 11 is 0. The third-order valence-corrected chi connectivity index (χ3v) is 7.61. The highest BCUT2D eigenvalue weighted by atomic mass is 16.4. The van der Waals surface area contributed by atoms with Crippen LogP contribution in [0, 0.1) is 19.3 Å². The van der Waals surface area contributed by atoms with E-state index < -0.39 is 5.97 Å². The molecule has 0 radical (unpaired) electrons. The second kappa shape index (κ2) is 13.3. The largest absolute Gasteiger partial charge is 0.478 e. The zero-order valence-electron chi connectivity index (χ0n) is 25.5. The molecule has 0 aliphatic carbocycles. The van der Waals surface area contributed by atoms with Gasteiger partial charge in [0.2, 0.25) is 0 Å². The predicted octanol–water partition coefficient (Wildman–Crippen LogP) is 8.47. The number of hydrogen-bond acceptors (Lipinski definition) is 3. The van der Waals surface area contributed by atoms with E-state index >= 15 is 0 Å². The molecule has 1 atom stereocenters. The summed E-state index contributed by atoms with van der Waals surface area (Å²) in [6, 6.07) is 24.7. The summed E-state index contributed by atoms with van der Waals surface area (Å²) in [5.74, 6) is 0.143. The number of aromatic carboxylic acids is 1. The third kappa shape index (κ3) is 7.95. The summed E-state index contributed by atoms with van der Waals surface area (Å²) < 4.78 is 2.47. The van der Waals surface area contributed by atoms with Crippen LogP contribution in [0.3, 0.4) is 0 Å². The average Bonchev–Trinajstić information content (AvgIpc) is 3.28. The van der Waals surface area contributed by atoms with Crippen molar-refractivity contribution in [2.45, 2.75) is 86.4 Å². The Labute approximate surface area is 245 Å². The van der Waals surface area contributed by atoms with Crippen LogP contribution in [-0.4, -0.2) is 26.7 Å². The number of aryl methyl sites for hydroxylation is 2. The van der Waals surface area contributed by atoms with Crippen molar-refractivity contribution < 1.29 is 9.90 Å². The van der Waals surface area contributed by atoms with E-state index in [-0.39, 0.29) is 11.5 Å². The topological polar surface area (TPSA) is 67.2 Å². The Morgan fingerprint density at radius 3 is 2.27 bits per heavy atom. The number of hydrogen-bond donors (Lipinski definition) is 2. The monoisotopic (exact) mass is 551 g/mol. The first kappa shape index (κ1) is 30.3. The van der Waals surface area contributed by atoms with Gasteiger partial charge in [0.05, 0.1) is 11.3 Å². The second-order valence-corrected chi connectivity index (χ2v) is 12.5. The van der Waals surface area contributed by atoms with Gasteiger partial charge in [0.25, 0.3) is 0 Å². The zero-order chi connectivity index (χ0) is 29.6. The van der Waals surface area contributed by atoms with Crippen LogP contribution in [0.15, 0.2) is 72.8 Å². The minimum Gasteiger partial charge on any atom is -0.478 e. The standard InChI is InChI=1S/C36H45N3O2/c1-7-8-21-39-32(22-30(23-36(4,5)6)37-24-27-15-19-29(20-16-27)35(40)41)33(28-17-13-25(2)14-18-28)38-34(39)31-12-10-9-11-26(31)3/h9-20,30,37H,7-8,21-24H2,1-6H3,(H,40,41). The molecule has 4 rings (SSSR count). The van der Waals surface area contributed by atoms with Crippen LogP contribution in [0.25, 0.3) is 22.6 Å². The van der Waals surface area contributed by atoms with Gasteiger partial charge < -0.3 is 15.0 Å². The molecular formula is C36H45N3O2. The lowest BCUT2D eigenvalue weighted by Gasteiger charge is -2.28. The molecule has 0 amide bonds. The highest BCUT2D eigenvalue weighted by molar-refractivity contribution is 5.87. The first-order chi connectivity index (χ1) is 19.6. The lowest BCUT2D eigenvalue weighted by atomic mass is 9.86. The molecule has 41 heavy (non-hydrogen) atoms. The van der Waals surface area contributed by atoms with Crippen molar-refractivity contribution in [3.63, 3.8) is 0 Å². The molecule has 0 fully saturated rings. The fourth-order valence-corrected chi connectivity index (χ4v) is 5.44. The first-order valence-corrected chi connectivity index (χ1v) is 14.8. The van der Waals surface area contributed by atoms with Gasteiger partial charge in [-0.25, -0.2) is 9.78 Å². The minimum atomic E-state index is -0.899. The number of carbonyl (C=O) groups is 1. The highest BCUT2D eigenvalue weighted by Gasteiger charge is 2.26. The second-order valence-electron chi connectivity index (χ2n) is 12.5. The smallest absolute Gasteiger partial charge is 0.335 e. The number of rotatable bonds is 12. The third-order valence-electron chi connectivity index (χ3n) is 7.61. The van der Waals surface area contributed by atoms with E-state index in [1.165, 1.54) is 22.4 Å². The predicted molar refractivity (Wildman–Crippen MR) is 169 cm³/mol. The number of carboxylic acid groups (broad SMARTS) is 1. The maximum absolute atomic E-state index is 11.3. The van der Waals surface area contributed by atoms with Crippen molar-refractivity contribution >= 4 is 5.97 Å². The number of aromatic nitrogens is 2. The van der Waals surface area contributed by atoms with E-state index in [1.807, 2.05) is 12.1 Å². The number of benzene rings is 3. The molecule has 1 unspecified atom stereocenters. The summed E-state index contributed by atoms with van der Waals surface area (Å²) in [5, 5.41) is 13.1. The fraction of sp³-hybridized carbons (Fsp3) is 0.389. The van der Waals surface area contributed by atoms with Crippen LogP contribution in [0.5, 0.6) is 0 Å². The molecule has 3 aromatic carbocycles. The van der Waals surface area contributed by atoms with E-state index in [9.17, 15) is 9.90 Å². The summed E-state index contributed by atoms with van der Waals surface area (Å²) in [4.78, 5) is 16.7. The molecule has 4 aromatic rings. The van der Waals surface area contributed by atoms with Gasteiger partial charge in [-0.3, -0.25) is 0 Å². The molecule has 1 aromatic heterocycles. The maximum Gasteiger partial charge on any atom is 0.335 e. The highest BCUT2D eigenvalue weighted by Crippen LogP contribution is 2.34. The molecular weight excluding hydrogens is 506 g/mol. The van der Waals surface area contributed by atoms with Crippen LogP contribution < -0.4 is 5.32 Å². The van der Waals surface area contributed by atoms with Crippen molar-refractivity contribution in [3.05, 3.63) is 101 Å². The van der Waals surface area contributed by atoms with Gasteiger partial charge in [-0.05, 0) is 55.4 Å². The molecule has 2 N–H and O–H groups in total. The molecule has 5 heteroatoms. The molecule has 0 spiro atoms. The van der Waals surface area contributed by atoms with E-state index in [4.69, 9.17) is 4.98 Å². The molecule has 0 bridgehead atoms. The Kier molecular flexibility index (Phi) is 9.82. The number of nitrogens with zero attached hydrogens (tertiary/aromatic N) is 2. The average molecular weight is 552 g/mol. The van der Waals surface area contributed by atoms with Crippen molar-refractivity contribution in [1.29, 1.82) is 0 Å². The van der Waals surface area contributed by atoms with Crippen LogP contribution in [0.2, 0.25) is 0 Å². The maximum atomic E-state index is 11.3. The number of carboxylic acids is 1. The zero-order valence-corrected chi connectivity index (χ0v) is 25.5. The Bertz CT molecular complexity index is 1440. The number of imidazole rings is 1. The Hall–Kier alpha value is -3.70. The normalized spacial score (nSPS) is 12.4. The minimum absolute atomic E-state index is 0.127. The number of nitrogens with one attached hydrogen (secondary N) is 1. The summed E-state index contributed by atoms with van der Waals surface area (Å²) in [6.45, 7) is 15.0. The van der Waals surface area contributed by atoms with Crippen molar-refractivity contribution in [2.24, 2.45) is 5.41 Å². The van der Waals surface area contributed by atoms with Crippen LogP contribution in [-0.2, 0) is 19.5 Å². The Balaban J connectivity index is 1.77. The molecule has 216 valence electrons. The van der Waals surface area contributed by atoms with Crippen LogP contribution >= 0.6 is 0 Å². The van der Waals surface area contributed by atoms with E-state index in [2.05, 4.69) is 100.0 Å². The summed E-state index contributed by atoms with van der Waals surface area (Å²) in [7, 11) is 0. The van der Waals surface area contributed by atoms with Gasteiger partial charge in [0.15, 0.2) is 0 Å². The molecule has 0 aliphatic heterocycles. The SMILES string of the molecule is CCCCn1c(-c2ccccc2C)nc(-c2ccc(C)cc2)c1CC(CC(C)(C)C)NCc1ccc(C(=O)O)cc1. The molecule has 5 nitrogen and oxygen atoms in total. The fourth-order valence-electron chi connectivity index (χ4n) is 5.44. The van der Waals surface area contributed by atoms with Gasteiger partial charge in [-0.2, -0.15) is 0 Å². The quantitative estimate of drug-likeness (QED) is 0.185. The molecule has 1 heterocycles. The summed E-state index contributed by atoms with van der Waals surface area (Å²) in [5.41, 5.74) is 8.64.